The molecular weight excluding hydrogens is 305 g/mol. The van der Waals surface area contributed by atoms with Crippen molar-refractivity contribution in [1.29, 1.82) is 0 Å². The number of anilines is 1. The standard InChI is InChI=1S/C16H13ClFN3O/c1-10-6-12(18)3-4-14(10)19-8-13-7-16(22)21-9-11(17)2-5-15(21)20-13/h2-7,9,19H,8H2,1H3. The predicted molar refractivity (Wildman–Crippen MR) is 84.9 cm³/mol. The first-order valence-electron chi connectivity index (χ1n) is 6.71. The molecule has 0 aliphatic rings. The molecule has 4 nitrogen and oxygen atoms in total. The van der Waals surface area contributed by atoms with Gasteiger partial charge in [-0.15, -0.1) is 0 Å². The molecule has 0 saturated carbocycles. The molecule has 22 heavy (non-hydrogen) atoms. The van der Waals surface area contributed by atoms with Crippen molar-refractivity contribution >= 4 is 22.9 Å². The largest absolute Gasteiger partial charge is 0.379 e. The van der Waals surface area contributed by atoms with Crippen molar-refractivity contribution in [2.75, 3.05) is 5.32 Å². The molecule has 0 fully saturated rings. The van der Waals surface area contributed by atoms with Gasteiger partial charge in [0.05, 0.1) is 17.3 Å². The first-order valence-corrected chi connectivity index (χ1v) is 7.08. The number of fused-ring (bicyclic) bond motifs is 1. The summed E-state index contributed by atoms with van der Waals surface area (Å²) < 4.78 is 14.5. The van der Waals surface area contributed by atoms with Crippen LogP contribution in [-0.4, -0.2) is 9.38 Å². The van der Waals surface area contributed by atoms with Gasteiger partial charge in [-0.2, -0.15) is 0 Å². The normalized spacial score (nSPS) is 10.9. The van der Waals surface area contributed by atoms with Crippen LogP contribution >= 0.6 is 11.6 Å². The summed E-state index contributed by atoms with van der Waals surface area (Å²) >= 11 is 5.87. The summed E-state index contributed by atoms with van der Waals surface area (Å²) in [6.45, 7) is 2.19. The third-order valence-electron chi connectivity index (χ3n) is 3.32. The number of nitrogens with one attached hydrogen (secondary N) is 1. The number of benzene rings is 1. The Kier molecular flexibility index (Phi) is 3.81. The minimum Gasteiger partial charge on any atom is -0.379 e. The van der Waals surface area contributed by atoms with E-state index in [2.05, 4.69) is 10.3 Å². The quantitative estimate of drug-likeness (QED) is 0.805. The van der Waals surface area contributed by atoms with Crippen LogP contribution in [0.25, 0.3) is 5.65 Å². The smallest absolute Gasteiger partial charge is 0.258 e. The number of pyridine rings is 1. The maximum Gasteiger partial charge on any atom is 0.258 e. The average Bonchev–Trinajstić information content (AvgIpc) is 2.47. The summed E-state index contributed by atoms with van der Waals surface area (Å²) in [5.41, 5.74) is 2.55. The third kappa shape index (κ3) is 2.94. The van der Waals surface area contributed by atoms with E-state index >= 15 is 0 Å². The highest BCUT2D eigenvalue weighted by Gasteiger charge is 2.04. The highest BCUT2D eigenvalue weighted by Crippen LogP contribution is 2.16. The lowest BCUT2D eigenvalue weighted by Crippen LogP contribution is -2.16. The van der Waals surface area contributed by atoms with Gasteiger partial charge < -0.3 is 5.32 Å². The second-order valence-electron chi connectivity index (χ2n) is 4.97. The Morgan fingerprint density at radius 2 is 2.09 bits per heavy atom. The Balaban J connectivity index is 1.88. The number of halogens is 2. The van der Waals surface area contributed by atoms with Crippen molar-refractivity contribution in [3.05, 3.63) is 75.0 Å². The number of nitrogens with zero attached hydrogens (tertiary/aromatic N) is 2. The first kappa shape index (κ1) is 14.5. The monoisotopic (exact) mass is 317 g/mol. The Labute approximate surface area is 131 Å². The minimum absolute atomic E-state index is 0.194. The second kappa shape index (κ2) is 5.77. The van der Waals surface area contributed by atoms with Crippen molar-refractivity contribution in [2.24, 2.45) is 0 Å². The van der Waals surface area contributed by atoms with Crippen LogP contribution in [0.5, 0.6) is 0 Å². The fraction of sp³-hybridized carbons (Fsp3) is 0.125. The SMILES string of the molecule is Cc1cc(F)ccc1NCc1cc(=O)n2cc(Cl)ccc2n1. The fourth-order valence-electron chi connectivity index (χ4n) is 2.23. The number of hydrogen-bond donors (Lipinski definition) is 1. The molecule has 0 atom stereocenters. The zero-order valence-electron chi connectivity index (χ0n) is 11.8. The van der Waals surface area contributed by atoms with Gasteiger partial charge in [0.25, 0.3) is 5.56 Å². The van der Waals surface area contributed by atoms with Crippen LogP contribution in [0.4, 0.5) is 10.1 Å². The molecule has 1 aromatic carbocycles. The van der Waals surface area contributed by atoms with E-state index in [0.29, 0.717) is 22.9 Å². The minimum atomic E-state index is -0.276. The molecule has 0 spiro atoms. The van der Waals surface area contributed by atoms with Gasteiger partial charge >= 0.3 is 0 Å². The van der Waals surface area contributed by atoms with Gasteiger partial charge in [-0.25, -0.2) is 9.37 Å². The van der Waals surface area contributed by atoms with Crippen LogP contribution in [0, 0.1) is 12.7 Å². The Morgan fingerprint density at radius 1 is 1.27 bits per heavy atom. The van der Waals surface area contributed by atoms with E-state index < -0.39 is 0 Å². The average molecular weight is 318 g/mol. The molecule has 0 amide bonds. The van der Waals surface area contributed by atoms with Crippen LogP contribution in [0.3, 0.4) is 0 Å². The molecule has 0 bridgehead atoms. The van der Waals surface area contributed by atoms with Crippen LogP contribution in [0.1, 0.15) is 11.3 Å². The third-order valence-corrected chi connectivity index (χ3v) is 3.55. The summed E-state index contributed by atoms with van der Waals surface area (Å²) in [4.78, 5) is 16.5. The molecule has 0 radical (unpaired) electrons. The van der Waals surface area contributed by atoms with Crippen molar-refractivity contribution < 1.29 is 4.39 Å². The molecule has 0 aliphatic heterocycles. The molecule has 0 saturated heterocycles. The molecule has 2 aromatic heterocycles. The molecule has 3 aromatic rings. The molecule has 6 heteroatoms. The fourth-order valence-corrected chi connectivity index (χ4v) is 2.39. The van der Waals surface area contributed by atoms with Crippen LogP contribution in [-0.2, 0) is 6.54 Å². The zero-order valence-corrected chi connectivity index (χ0v) is 12.6. The molecule has 2 heterocycles. The molecule has 112 valence electrons. The summed E-state index contributed by atoms with van der Waals surface area (Å²) in [5.74, 6) is -0.276. The lowest BCUT2D eigenvalue weighted by atomic mass is 10.2. The summed E-state index contributed by atoms with van der Waals surface area (Å²) in [5, 5.41) is 3.63. The van der Waals surface area contributed by atoms with E-state index in [0.717, 1.165) is 11.3 Å². The van der Waals surface area contributed by atoms with Crippen LogP contribution in [0.15, 0.2) is 47.4 Å². The predicted octanol–water partition coefficient (Wildman–Crippen LogP) is 3.41. The Morgan fingerprint density at radius 3 is 2.86 bits per heavy atom. The second-order valence-corrected chi connectivity index (χ2v) is 5.41. The molecule has 3 rings (SSSR count). The maximum absolute atomic E-state index is 13.1. The molecule has 1 N–H and O–H groups in total. The summed E-state index contributed by atoms with van der Waals surface area (Å²) in [6.07, 6.45) is 1.54. The van der Waals surface area contributed by atoms with E-state index in [-0.39, 0.29) is 11.4 Å². The molecule has 0 aliphatic carbocycles. The number of aryl methyl sites for hydroxylation is 1. The molecular formula is C16H13ClFN3O. The van der Waals surface area contributed by atoms with E-state index in [1.165, 1.54) is 28.8 Å². The lowest BCUT2D eigenvalue weighted by molar-refractivity contribution is 0.627. The summed E-state index contributed by atoms with van der Waals surface area (Å²) in [7, 11) is 0. The van der Waals surface area contributed by atoms with Gasteiger partial charge in [0.2, 0.25) is 0 Å². The van der Waals surface area contributed by atoms with Crippen LogP contribution in [0.2, 0.25) is 5.02 Å². The highest BCUT2D eigenvalue weighted by molar-refractivity contribution is 6.30. The first-order chi connectivity index (χ1) is 10.5. The van der Waals surface area contributed by atoms with Gasteiger partial charge in [-0.1, -0.05) is 11.6 Å². The van der Waals surface area contributed by atoms with Crippen molar-refractivity contribution in [3.63, 3.8) is 0 Å². The Hall–Kier alpha value is -2.40. The van der Waals surface area contributed by atoms with Crippen molar-refractivity contribution in [3.8, 4) is 0 Å². The van der Waals surface area contributed by atoms with Crippen LogP contribution < -0.4 is 10.9 Å². The lowest BCUT2D eigenvalue weighted by Gasteiger charge is -2.10. The van der Waals surface area contributed by atoms with Gasteiger partial charge in [0, 0.05) is 18.0 Å². The van der Waals surface area contributed by atoms with Gasteiger partial charge in [0.1, 0.15) is 11.5 Å². The topological polar surface area (TPSA) is 46.4 Å². The summed E-state index contributed by atoms with van der Waals surface area (Å²) in [6, 6.07) is 9.33. The Bertz CT molecular complexity index is 908. The molecule has 0 unspecified atom stereocenters. The number of hydrogen-bond acceptors (Lipinski definition) is 3. The van der Waals surface area contributed by atoms with Crippen molar-refractivity contribution in [1.82, 2.24) is 9.38 Å². The van der Waals surface area contributed by atoms with E-state index in [1.54, 1.807) is 18.2 Å². The van der Waals surface area contributed by atoms with E-state index in [1.807, 2.05) is 6.92 Å². The maximum atomic E-state index is 13.1. The highest BCUT2D eigenvalue weighted by atomic mass is 35.5. The zero-order chi connectivity index (χ0) is 15.7. The van der Waals surface area contributed by atoms with Crippen molar-refractivity contribution in [2.45, 2.75) is 13.5 Å². The number of aromatic nitrogens is 2. The van der Waals surface area contributed by atoms with Gasteiger partial charge in [-0.05, 0) is 42.8 Å². The van der Waals surface area contributed by atoms with E-state index in [9.17, 15) is 9.18 Å². The van der Waals surface area contributed by atoms with E-state index in [4.69, 9.17) is 11.6 Å². The van der Waals surface area contributed by atoms with Gasteiger partial charge in [-0.3, -0.25) is 9.20 Å². The van der Waals surface area contributed by atoms with Gasteiger partial charge in [0.15, 0.2) is 0 Å². The number of rotatable bonds is 3.